The molecule has 0 radical (unpaired) electrons. The van der Waals surface area contributed by atoms with Gasteiger partial charge in [0.1, 0.15) is 5.60 Å². The predicted octanol–water partition coefficient (Wildman–Crippen LogP) is 1.59. The molecule has 2 N–H and O–H groups in total. The highest BCUT2D eigenvalue weighted by Crippen LogP contribution is 2.22. The van der Waals surface area contributed by atoms with Crippen LogP contribution in [0.4, 0.5) is 4.79 Å². The van der Waals surface area contributed by atoms with Gasteiger partial charge in [-0.2, -0.15) is 0 Å². The molecule has 0 aromatic rings. The molecule has 4 nitrogen and oxygen atoms in total. The highest BCUT2D eigenvalue weighted by atomic mass is 16.6. The number of amides is 1. The Morgan fingerprint density at radius 2 is 2.00 bits per heavy atom. The van der Waals surface area contributed by atoms with Crippen LogP contribution >= 0.6 is 0 Å². The number of ether oxygens (including phenoxy) is 1. The summed E-state index contributed by atoms with van der Waals surface area (Å²) in [6, 6.07) is 0. The molecule has 0 saturated carbocycles. The molecule has 0 bridgehead atoms. The van der Waals surface area contributed by atoms with Gasteiger partial charge in [0.25, 0.3) is 0 Å². The summed E-state index contributed by atoms with van der Waals surface area (Å²) in [5, 5.41) is 12.5. The average Bonchev–Trinajstić information content (AvgIpc) is 2.47. The van der Waals surface area contributed by atoms with E-state index in [2.05, 4.69) is 5.32 Å². The minimum atomic E-state index is -0.823. The summed E-state index contributed by atoms with van der Waals surface area (Å²) in [7, 11) is 0. The number of nitrogens with one attached hydrogen (secondary N) is 1. The number of hydrogen-bond acceptors (Lipinski definition) is 3. The Kier molecular flexibility index (Phi) is 3.39. The molecular formula is C11H19NO3. The van der Waals surface area contributed by atoms with E-state index in [9.17, 15) is 9.90 Å². The van der Waals surface area contributed by atoms with Crippen LogP contribution in [0.25, 0.3) is 0 Å². The van der Waals surface area contributed by atoms with Gasteiger partial charge in [-0.15, -0.1) is 0 Å². The van der Waals surface area contributed by atoms with Crippen LogP contribution in [0.15, 0.2) is 12.2 Å². The first-order valence-electron chi connectivity index (χ1n) is 5.15. The standard InChI is InChI=1S/C11H19NO3/c1-10(2,3)15-9(13)12-8-11(14)6-4-5-7-11/h4-5,14H,6-8H2,1-3H3,(H,12,13). The largest absolute Gasteiger partial charge is 0.444 e. The summed E-state index contributed by atoms with van der Waals surface area (Å²) in [5.41, 5.74) is -1.32. The molecule has 0 aliphatic heterocycles. The Bertz CT molecular complexity index is 257. The van der Waals surface area contributed by atoms with Crippen molar-refractivity contribution in [3.8, 4) is 0 Å². The maximum absolute atomic E-state index is 11.3. The van der Waals surface area contributed by atoms with Crippen LogP contribution in [0.1, 0.15) is 33.6 Å². The summed E-state index contributed by atoms with van der Waals surface area (Å²) in [6.07, 6.45) is 4.52. The van der Waals surface area contributed by atoms with Gasteiger partial charge < -0.3 is 15.2 Å². The zero-order valence-corrected chi connectivity index (χ0v) is 9.54. The molecule has 1 aliphatic rings. The first-order valence-corrected chi connectivity index (χ1v) is 5.15. The van der Waals surface area contributed by atoms with Crippen molar-refractivity contribution >= 4 is 6.09 Å². The van der Waals surface area contributed by atoms with E-state index in [0.717, 1.165) is 0 Å². The van der Waals surface area contributed by atoms with Crippen molar-refractivity contribution in [2.75, 3.05) is 6.54 Å². The van der Waals surface area contributed by atoms with Crippen molar-refractivity contribution < 1.29 is 14.6 Å². The van der Waals surface area contributed by atoms with E-state index in [1.54, 1.807) is 20.8 Å². The van der Waals surface area contributed by atoms with Crippen molar-refractivity contribution in [3.63, 3.8) is 0 Å². The summed E-state index contributed by atoms with van der Waals surface area (Å²) < 4.78 is 5.06. The van der Waals surface area contributed by atoms with Gasteiger partial charge in [-0.25, -0.2) is 4.79 Å². The molecule has 0 heterocycles. The van der Waals surface area contributed by atoms with Gasteiger partial charge in [-0.3, -0.25) is 0 Å². The number of carbonyl (C=O) groups is 1. The zero-order chi connectivity index (χ0) is 11.5. The topological polar surface area (TPSA) is 58.6 Å². The monoisotopic (exact) mass is 213 g/mol. The SMILES string of the molecule is CC(C)(C)OC(=O)NCC1(O)CC=CC1. The molecule has 0 aromatic carbocycles. The highest BCUT2D eigenvalue weighted by molar-refractivity contribution is 5.67. The van der Waals surface area contributed by atoms with E-state index < -0.39 is 17.3 Å². The smallest absolute Gasteiger partial charge is 0.407 e. The molecule has 15 heavy (non-hydrogen) atoms. The summed E-state index contributed by atoms with van der Waals surface area (Å²) in [4.78, 5) is 11.3. The lowest BCUT2D eigenvalue weighted by Crippen LogP contribution is -2.43. The normalized spacial score (nSPS) is 18.9. The third-order valence-corrected chi connectivity index (χ3v) is 2.12. The lowest BCUT2D eigenvalue weighted by Gasteiger charge is -2.24. The summed E-state index contributed by atoms with van der Waals surface area (Å²) in [5.74, 6) is 0. The fourth-order valence-electron chi connectivity index (χ4n) is 1.38. The van der Waals surface area contributed by atoms with Crippen LogP contribution in [-0.4, -0.2) is 28.9 Å². The minimum Gasteiger partial charge on any atom is -0.444 e. The quantitative estimate of drug-likeness (QED) is 0.685. The molecule has 0 spiro atoms. The predicted molar refractivity (Wildman–Crippen MR) is 57.6 cm³/mol. The Balaban J connectivity index is 2.28. The van der Waals surface area contributed by atoms with Gasteiger partial charge in [0, 0.05) is 0 Å². The van der Waals surface area contributed by atoms with E-state index in [0.29, 0.717) is 12.8 Å². The Labute approximate surface area is 90.3 Å². The minimum absolute atomic E-state index is 0.231. The van der Waals surface area contributed by atoms with Gasteiger partial charge in [0.05, 0.1) is 12.1 Å². The van der Waals surface area contributed by atoms with Crippen LogP contribution in [0.3, 0.4) is 0 Å². The first kappa shape index (κ1) is 12.0. The first-order chi connectivity index (χ1) is 6.81. The second-order valence-corrected chi connectivity index (χ2v) is 4.96. The van der Waals surface area contributed by atoms with Gasteiger partial charge in [0.15, 0.2) is 0 Å². The third-order valence-electron chi connectivity index (χ3n) is 2.12. The van der Waals surface area contributed by atoms with Crippen LogP contribution in [-0.2, 0) is 4.74 Å². The molecule has 1 amide bonds. The number of aliphatic hydroxyl groups is 1. The van der Waals surface area contributed by atoms with Gasteiger partial charge in [-0.1, -0.05) is 12.2 Å². The van der Waals surface area contributed by atoms with Crippen molar-refractivity contribution in [1.29, 1.82) is 0 Å². The van der Waals surface area contributed by atoms with E-state index in [4.69, 9.17) is 4.74 Å². The molecule has 0 aromatic heterocycles. The van der Waals surface area contributed by atoms with Crippen LogP contribution < -0.4 is 5.32 Å². The second-order valence-electron chi connectivity index (χ2n) is 4.96. The average molecular weight is 213 g/mol. The number of alkyl carbamates (subject to hydrolysis) is 1. The van der Waals surface area contributed by atoms with Crippen molar-refractivity contribution in [3.05, 3.63) is 12.2 Å². The molecule has 0 unspecified atom stereocenters. The van der Waals surface area contributed by atoms with E-state index >= 15 is 0 Å². The zero-order valence-electron chi connectivity index (χ0n) is 9.54. The van der Waals surface area contributed by atoms with Crippen LogP contribution in [0.5, 0.6) is 0 Å². The molecule has 0 saturated heterocycles. The number of hydrogen-bond donors (Lipinski definition) is 2. The maximum atomic E-state index is 11.3. The molecule has 0 atom stereocenters. The van der Waals surface area contributed by atoms with E-state index in [-0.39, 0.29) is 6.54 Å². The molecule has 1 aliphatic carbocycles. The van der Waals surface area contributed by atoms with Crippen LogP contribution in [0, 0.1) is 0 Å². The second kappa shape index (κ2) is 4.23. The summed E-state index contributed by atoms with van der Waals surface area (Å²) >= 11 is 0. The Morgan fingerprint density at radius 3 is 2.47 bits per heavy atom. The van der Waals surface area contributed by atoms with Gasteiger partial charge >= 0.3 is 6.09 Å². The fourth-order valence-corrected chi connectivity index (χ4v) is 1.38. The molecule has 86 valence electrons. The molecule has 1 rings (SSSR count). The van der Waals surface area contributed by atoms with Crippen molar-refractivity contribution in [2.24, 2.45) is 0 Å². The van der Waals surface area contributed by atoms with Gasteiger partial charge in [0.2, 0.25) is 0 Å². The Hall–Kier alpha value is -1.03. The van der Waals surface area contributed by atoms with Gasteiger partial charge in [-0.05, 0) is 33.6 Å². The van der Waals surface area contributed by atoms with Crippen LogP contribution in [0.2, 0.25) is 0 Å². The molecule has 4 heteroatoms. The van der Waals surface area contributed by atoms with Crippen molar-refractivity contribution in [2.45, 2.75) is 44.8 Å². The molecular weight excluding hydrogens is 194 g/mol. The lowest BCUT2D eigenvalue weighted by atomic mass is 10.0. The Morgan fingerprint density at radius 1 is 1.47 bits per heavy atom. The molecule has 0 fully saturated rings. The highest BCUT2D eigenvalue weighted by Gasteiger charge is 2.28. The van der Waals surface area contributed by atoms with Crippen molar-refractivity contribution in [1.82, 2.24) is 5.32 Å². The number of carbonyl (C=O) groups excluding carboxylic acids is 1. The lowest BCUT2D eigenvalue weighted by molar-refractivity contribution is 0.0306. The maximum Gasteiger partial charge on any atom is 0.407 e. The van der Waals surface area contributed by atoms with E-state index in [1.165, 1.54) is 0 Å². The third kappa shape index (κ3) is 4.34. The fraction of sp³-hybridized carbons (Fsp3) is 0.727. The summed E-state index contributed by atoms with van der Waals surface area (Å²) in [6.45, 7) is 5.64. The van der Waals surface area contributed by atoms with E-state index in [1.807, 2.05) is 12.2 Å². The number of rotatable bonds is 2.